The number of nitrogens with zero attached hydrogens (tertiary/aromatic N) is 1. The molecule has 0 saturated heterocycles. The highest BCUT2D eigenvalue weighted by molar-refractivity contribution is 5.76. The first-order chi connectivity index (χ1) is 10.1. The van der Waals surface area contributed by atoms with Gasteiger partial charge in [-0.3, -0.25) is 9.78 Å². The van der Waals surface area contributed by atoms with Gasteiger partial charge in [0.25, 0.3) is 0 Å². The topological polar surface area (TPSA) is 42.0 Å². The van der Waals surface area contributed by atoms with E-state index in [4.69, 9.17) is 4.98 Å². The van der Waals surface area contributed by atoms with Gasteiger partial charge in [0.05, 0.1) is 0 Å². The second-order valence-corrected chi connectivity index (χ2v) is 8.01. The van der Waals surface area contributed by atoms with Gasteiger partial charge in [0.2, 0.25) is 5.91 Å². The van der Waals surface area contributed by atoms with E-state index in [1.165, 1.54) is 12.8 Å². The first kappa shape index (κ1) is 18.7. The minimum atomic E-state index is -0.170. The van der Waals surface area contributed by atoms with E-state index < -0.39 is 0 Å². The number of nitrogens with one attached hydrogen (secondary N) is 1. The van der Waals surface area contributed by atoms with Crippen molar-refractivity contribution < 1.29 is 4.79 Å². The number of amides is 1. The maximum absolute atomic E-state index is 11.9. The molecule has 1 heterocycles. The van der Waals surface area contributed by atoms with Crippen molar-refractivity contribution in [1.29, 1.82) is 0 Å². The fraction of sp³-hybridized carbons (Fsp3) is 0.684. The molecule has 0 aliphatic heterocycles. The molecule has 0 atom stereocenters. The predicted octanol–water partition coefficient (Wildman–Crippen LogP) is 4.30. The Morgan fingerprint density at radius 1 is 1.14 bits per heavy atom. The van der Waals surface area contributed by atoms with Crippen molar-refractivity contribution in [3.8, 4) is 0 Å². The maximum atomic E-state index is 11.9. The summed E-state index contributed by atoms with van der Waals surface area (Å²) in [5, 5.41) is 2.99. The molecule has 22 heavy (non-hydrogen) atoms. The van der Waals surface area contributed by atoms with Gasteiger partial charge < -0.3 is 5.32 Å². The van der Waals surface area contributed by atoms with E-state index in [0.29, 0.717) is 12.8 Å². The van der Waals surface area contributed by atoms with Crippen LogP contribution in [0.1, 0.15) is 72.2 Å². The highest BCUT2D eigenvalue weighted by Crippen LogP contribution is 2.26. The number of hydrogen-bond acceptors (Lipinski definition) is 2. The Labute approximate surface area is 135 Å². The summed E-state index contributed by atoms with van der Waals surface area (Å²) in [4.78, 5) is 16.6. The average molecular weight is 304 g/mol. The minimum Gasteiger partial charge on any atom is -0.351 e. The summed E-state index contributed by atoms with van der Waals surface area (Å²) >= 11 is 0. The quantitative estimate of drug-likeness (QED) is 0.816. The van der Waals surface area contributed by atoms with E-state index >= 15 is 0 Å². The Kier molecular flexibility index (Phi) is 6.58. The van der Waals surface area contributed by atoms with Crippen LogP contribution in [0.4, 0.5) is 0 Å². The number of carbonyl (C=O) groups is 1. The lowest BCUT2D eigenvalue weighted by Crippen LogP contribution is -2.40. The highest BCUT2D eigenvalue weighted by atomic mass is 16.1. The van der Waals surface area contributed by atoms with Crippen LogP contribution in [-0.4, -0.2) is 16.4 Å². The molecule has 3 heteroatoms. The summed E-state index contributed by atoms with van der Waals surface area (Å²) in [6, 6.07) is 6.16. The smallest absolute Gasteiger partial charge is 0.220 e. The third-order valence-corrected chi connectivity index (χ3v) is 3.57. The average Bonchev–Trinajstić information content (AvgIpc) is 2.34. The van der Waals surface area contributed by atoms with Crippen LogP contribution in [-0.2, 0) is 17.6 Å². The van der Waals surface area contributed by atoms with E-state index in [2.05, 4.69) is 38.2 Å². The lowest BCUT2D eigenvalue weighted by Gasteiger charge is -2.23. The van der Waals surface area contributed by atoms with Gasteiger partial charge >= 0.3 is 0 Å². The van der Waals surface area contributed by atoms with Crippen LogP contribution in [0.5, 0.6) is 0 Å². The van der Waals surface area contributed by atoms with Crippen LogP contribution in [0.3, 0.4) is 0 Å². The van der Waals surface area contributed by atoms with Gasteiger partial charge in [-0.05, 0) is 57.6 Å². The summed E-state index contributed by atoms with van der Waals surface area (Å²) in [6.45, 7) is 12.8. The molecule has 0 unspecified atom stereocenters. The molecule has 1 N–H and O–H groups in total. The Bertz CT molecular complexity index is 486. The monoisotopic (exact) mass is 304 g/mol. The summed E-state index contributed by atoms with van der Waals surface area (Å²) in [7, 11) is 0. The first-order valence-electron chi connectivity index (χ1n) is 8.37. The fourth-order valence-electron chi connectivity index (χ4n) is 2.74. The normalized spacial score (nSPS) is 12.3. The number of aromatic nitrogens is 1. The standard InChI is InChI=1S/C19H32N2O/c1-7-13-19(5,6)14-16-10-8-9-15(20-16)11-12-17(22)21-18(2,3)4/h8-10H,7,11-14H2,1-6H3,(H,21,22). The summed E-state index contributed by atoms with van der Waals surface area (Å²) in [5.41, 5.74) is 2.25. The highest BCUT2D eigenvalue weighted by Gasteiger charge is 2.18. The zero-order valence-electron chi connectivity index (χ0n) is 15.1. The molecule has 0 saturated carbocycles. The van der Waals surface area contributed by atoms with E-state index in [1.54, 1.807) is 0 Å². The van der Waals surface area contributed by atoms with E-state index in [0.717, 1.165) is 17.8 Å². The van der Waals surface area contributed by atoms with Gasteiger partial charge in [0.15, 0.2) is 0 Å². The summed E-state index contributed by atoms with van der Waals surface area (Å²) in [6.07, 6.45) is 4.57. The van der Waals surface area contributed by atoms with Crippen molar-refractivity contribution in [3.63, 3.8) is 0 Å². The molecule has 3 nitrogen and oxygen atoms in total. The lowest BCUT2D eigenvalue weighted by molar-refractivity contribution is -0.122. The van der Waals surface area contributed by atoms with Crippen molar-refractivity contribution in [2.75, 3.05) is 0 Å². The van der Waals surface area contributed by atoms with Gasteiger partial charge in [-0.1, -0.05) is 33.3 Å². The molecule has 124 valence electrons. The minimum absolute atomic E-state index is 0.0889. The lowest BCUT2D eigenvalue weighted by atomic mass is 9.83. The van der Waals surface area contributed by atoms with Crippen molar-refractivity contribution in [2.45, 2.75) is 79.2 Å². The molecular formula is C19H32N2O. The zero-order valence-corrected chi connectivity index (χ0v) is 15.1. The molecule has 1 aromatic heterocycles. The predicted molar refractivity (Wildman–Crippen MR) is 92.8 cm³/mol. The molecule has 0 radical (unpaired) electrons. The van der Waals surface area contributed by atoms with Crippen molar-refractivity contribution in [2.24, 2.45) is 5.41 Å². The molecule has 0 aliphatic carbocycles. The molecule has 1 rings (SSSR count). The van der Waals surface area contributed by atoms with Crippen molar-refractivity contribution in [3.05, 3.63) is 29.6 Å². The Morgan fingerprint density at radius 3 is 2.36 bits per heavy atom. The zero-order chi connectivity index (χ0) is 16.8. The van der Waals surface area contributed by atoms with E-state index in [-0.39, 0.29) is 16.9 Å². The Hall–Kier alpha value is -1.38. The van der Waals surface area contributed by atoms with E-state index in [9.17, 15) is 4.79 Å². The fourth-order valence-corrected chi connectivity index (χ4v) is 2.74. The van der Waals surface area contributed by atoms with Crippen LogP contribution >= 0.6 is 0 Å². The second kappa shape index (κ2) is 7.75. The Balaban J connectivity index is 2.59. The van der Waals surface area contributed by atoms with Crippen molar-refractivity contribution in [1.82, 2.24) is 10.3 Å². The largest absolute Gasteiger partial charge is 0.351 e. The molecule has 0 spiro atoms. The van der Waals surface area contributed by atoms with Gasteiger partial charge in [0, 0.05) is 23.3 Å². The molecule has 0 bridgehead atoms. The third-order valence-electron chi connectivity index (χ3n) is 3.57. The number of hydrogen-bond donors (Lipinski definition) is 1. The van der Waals surface area contributed by atoms with Crippen LogP contribution < -0.4 is 5.32 Å². The molecule has 0 aliphatic rings. The molecule has 0 fully saturated rings. The van der Waals surface area contributed by atoms with Crippen LogP contribution in [0.25, 0.3) is 0 Å². The van der Waals surface area contributed by atoms with Crippen LogP contribution in [0.2, 0.25) is 0 Å². The summed E-state index contributed by atoms with van der Waals surface area (Å²) in [5.74, 6) is 0.0889. The summed E-state index contributed by atoms with van der Waals surface area (Å²) < 4.78 is 0. The third kappa shape index (κ3) is 7.58. The molecule has 1 aromatic rings. The molecular weight excluding hydrogens is 272 g/mol. The van der Waals surface area contributed by atoms with Crippen molar-refractivity contribution >= 4 is 5.91 Å². The van der Waals surface area contributed by atoms with E-state index in [1.807, 2.05) is 26.8 Å². The van der Waals surface area contributed by atoms with Gasteiger partial charge in [-0.15, -0.1) is 0 Å². The first-order valence-corrected chi connectivity index (χ1v) is 8.37. The van der Waals surface area contributed by atoms with Crippen LogP contribution in [0, 0.1) is 5.41 Å². The number of rotatable bonds is 7. The number of pyridine rings is 1. The Morgan fingerprint density at radius 2 is 1.77 bits per heavy atom. The van der Waals surface area contributed by atoms with Gasteiger partial charge in [-0.25, -0.2) is 0 Å². The molecule has 0 aromatic carbocycles. The van der Waals surface area contributed by atoms with Crippen LogP contribution in [0.15, 0.2) is 18.2 Å². The molecule has 1 amide bonds. The number of carbonyl (C=O) groups excluding carboxylic acids is 1. The second-order valence-electron chi connectivity index (χ2n) is 8.01. The van der Waals surface area contributed by atoms with Gasteiger partial charge in [0.1, 0.15) is 0 Å². The van der Waals surface area contributed by atoms with Gasteiger partial charge in [-0.2, -0.15) is 0 Å². The number of aryl methyl sites for hydroxylation is 1. The SMILES string of the molecule is CCCC(C)(C)Cc1cccc(CCC(=O)NC(C)(C)C)n1. The maximum Gasteiger partial charge on any atom is 0.220 e.